The first-order valence-corrected chi connectivity index (χ1v) is 3.21. The Morgan fingerprint density at radius 1 is 1.33 bits per heavy atom. The van der Waals surface area contributed by atoms with Gasteiger partial charge in [-0.3, -0.25) is 0 Å². The van der Waals surface area contributed by atoms with Crippen molar-refractivity contribution in [3.05, 3.63) is 25.3 Å². The molecule has 0 heterocycles. The van der Waals surface area contributed by atoms with Crippen molar-refractivity contribution >= 4 is 0 Å². The molecule has 0 bridgehead atoms. The topological polar surface area (TPSA) is 20.2 Å². The Hall–Kier alpha value is -0.560. The van der Waals surface area contributed by atoms with Crippen LogP contribution in [-0.2, 0) is 0 Å². The Labute approximate surface area is 56.7 Å². The molecular weight excluding hydrogens is 112 g/mol. The van der Waals surface area contributed by atoms with Gasteiger partial charge in [-0.2, -0.15) is 0 Å². The Bertz CT molecular complexity index is 86.6. The number of rotatable bonds is 5. The summed E-state index contributed by atoms with van der Waals surface area (Å²) in [6.45, 7) is 7.08. The predicted octanol–water partition coefficient (Wildman–Crippen LogP) is 1.89. The average molecular weight is 126 g/mol. The number of hydrogen-bond acceptors (Lipinski definition) is 1. The molecule has 52 valence electrons. The van der Waals surface area contributed by atoms with Crippen LogP contribution in [0.25, 0.3) is 0 Å². The van der Waals surface area contributed by atoms with E-state index in [0.717, 1.165) is 12.8 Å². The minimum atomic E-state index is -0.222. The molecule has 0 aliphatic carbocycles. The Kier molecular flexibility index (Phi) is 5.23. The summed E-state index contributed by atoms with van der Waals surface area (Å²) >= 11 is 0. The van der Waals surface area contributed by atoms with Crippen molar-refractivity contribution in [2.45, 2.75) is 25.4 Å². The van der Waals surface area contributed by atoms with E-state index in [4.69, 9.17) is 5.11 Å². The lowest BCUT2D eigenvalue weighted by atomic mass is 10.1. The molecular formula is C8H14O. The summed E-state index contributed by atoms with van der Waals surface area (Å²) in [7, 11) is 0. The van der Waals surface area contributed by atoms with Crippen LogP contribution < -0.4 is 0 Å². The normalized spacial score (nSPS) is 12.6. The number of aliphatic hydroxyl groups is 1. The van der Waals surface area contributed by atoms with Crippen molar-refractivity contribution in [1.29, 1.82) is 0 Å². The Morgan fingerprint density at radius 2 is 2.00 bits per heavy atom. The lowest BCUT2D eigenvalue weighted by Crippen LogP contribution is -2.02. The van der Waals surface area contributed by atoms with Crippen molar-refractivity contribution < 1.29 is 5.11 Å². The number of aliphatic hydroxyl groups excluding tert-OH is 1. The molecule has 1 N–H and O–H groups in total. The summed E-state index contributed by atoms with van der Waals surface area (Å²) in [5.41, 5.74) is 0. The van der Waals surface area contributed by atoms with Gasteiger partial charge >= 0.3 is 0 Å². The van der Waals surface area contributed by atoms with Crippen LogP contribution in [0.4, 0.5) is 0 Å². The van der Waals surface area contributed by atoms with E-state index in [1.165, 1.54) is 0 Å². The van der Waals surface area contributed by atoms with Gasteiger partial charge in [-0.25, -0.2) is 0 Å². The van der Waals surface area contributed by atoms with Crippen LogP contribution in [0.3, 0.4) is 0 Å². The molecule has 0 radical (unpaired) electrons. The molecule has 0 aliphatic rings. The fraction of sp³-hybridized carbons (Fsp3) is 0.500. The van der Waals surface area contributed by atoms with Crippen LogP contribution >= 0.6 is 0 Å². The van der Waals surface area contributed by atoms with Crippen molar-refractivity contribution in [2.24, 2.45) is 0 Å². The molecule has 0 fully saturated rings. The van der Waals surface area contributed by atoms with Crippen LogP contribution in [0.2, 0.25) is 0 Å². The van der Waals surface area contributed by atoms with E-state index >= 15 is 0 Å². The molecule has 0 unspecified atom stereocenters. The van der Waals surface area contributed by atoms with Crippen LogP contribution in [0.5, 0.6) is 0 Å². The third-order valence-corrected chi connectivity index (χ3v) is 1.14. The monoisotopic (exact) mass is 126 g/mol. The van der Waals surface area contributed by atoms with Gasteiger partial charge in [0.1, 0.15) is 0 Å². The van der Waals surface area contributed by atoms with Crippen LogP contribution in [0.15, 0.2) is 25.3 Å². The summed E-state index contributed by atoms with van der Waals surface area (Å²) in [4.78, 5) is 0. The van der Waals surface area contributed by atoms with Crippen LogP contribution in [0.1, 0.15) is 19.3 Å². The first-order valence-electron chi connectivity index (χ1n) is 3.21. The van der Waals surface area contributed by atoms with E-state index in [0.29, 0.717) is 6.42 Å². The van der Waals surface area contributed by atoms with Gasteiger partial charge in [-0.1, -0.05) is 12.2 Å². The predicted molar refractivity (Wildman–Crippen MR) is 40.3 cm³/mol. The van der Waals surface area contributed by atoms with Crippen molar-refractivity contribution in [3.63, 3.8) is 0 Å². The largest absolute Gasteiger partial charge is 0.393 e. The molecule has 0 saturated heterocycles. The highest BCUT2D eigenvalue weighted by Gasteiger charge is 1.97. The van der Waals surface area contributed by atoms with E-state index in [1.54, 1.807) is 6.08 Å². The standard InChI is InChI=1S/C8H14O/c1-3-5-7-8(9)6-4-2/h3-4,8-9H,1-2,5-7H2/t8-/m1/s1. The van der Waals surface area contributed by atoms with Crippen molar-refractivity contribution in [1.82, 2.24) is 0 Å². The van der Waals surface area contributed by atoms with Crippen LogP contribution in [-0.4, -0.2) is 11.2 Å². The SMILES string of the molecule is C=CCC[C@H](O)CC=C. The van der Waals surface area contributed by atoms with E-state index in [-0.39, 0.29) is 6.10 Å². The fourth-order valence-corrected chi connectivity index (χ4v) is 0.620. The quantitative estimate of drug-likeness (QED) is 0.558. The molecule has 0 saturated carbocycles. The summed E-state index contributed by atoms with van der Waals surface area (Å²) in [5.74, 6) is 0. The van der Waals surface area contributed by atoms with Gasteiger partial charge in [-0.15, -0.1) is 13.2 Å². The highest BCUT2D eigenvalue weighted by atomic mass is 16.3. The smallest absolute Gasteiger partial charge is 0.0577 e. The van der Waals surface area contributed by atoms with E-state index in [2.05, 4.69) is 13.2 Å². The fourth-order valence-electron chi connectivity index (χ4n) is 0.620. The Balaban J connectivity index is 3.14. The third-order valence-electron chi connectivity index (χ3n) is 1.14. The summed E-state index contributed by atoms with van der Waals surface area (Å²) in [5, 5.41) is 9.06. The van der Waals surface area contributed by atoms with Gasteiger partial charge in [0.05, 0.1) is 6.10 Å². The maximum atomic E-state index is 9.06. The lowest BCUT2D eigenvalue weighted by molar-refractivity contribution is 0.169. The molecule has 1 heteroatoms. The molecule has 0 amide bonds. The van der Waals surface area contributed by atoms with Gasteiger partial charge < -0.3 is 5.11 Å². The third kappa shape index (κ3) is 5.31. The molecule has 0 aromatic rings. The second-order valence-electron chi connectivity index (χ2n) is 2.04. The van der Waals surface area contributed by atoms with Gasteiger partial charge in [-0.05, 0) is 19.3 Å². The maximum absolute atomic E-state index is 9.06. The molecule has 1 atom stereocenters. The molecule has 0 spiro atoms. The minimum absolute atomic E-state index is 0.222. The Morgan fingerprint density at radius 3 is 2.44 bits per heavy atom. The van der Waals surface area contributed by atoms with E-state index in [1.807, 2.05) is 6.08 Å². The number of allylic oxidation sites excluding steroid dienone is 1. The van der Waals surface area contributed by atoms with Gasteiger partial charge in [0.15, 0.2) is 0 Å². The molecule has 0 aliphatic heterocycles. The zero-order valence-corrected chi connectivity index (χ0v) is 5.71. The van der Waals surface area contributed by atoms with Gasteiger partial charge in [0.2, 0.25) is 0 Å². The van der Waals surface area contributed by atoms with E-state index < -0.39 is 0 Å². The van der Waals surface area contributed by atoms with Crippen molar-refractivity contribution in [2.75, 3.05) is 0 Å². The average Bonchev–Trinajstić information content (AvgIpc) is 1.85. The molecule has 0 rings (SSSR count). The summed E-state index contributed by atoms with van der Waals surface area (Å²) < 4.78 is 0. The maximum Gasteiger partial charge on any atom is 0.0577 e. The second-order valence-corrected chi connectivity index (χ2v) is 2.04. The highest BCUT2D eigenvalue weighted by Crippen LogP contribution is 2.01. The number of hydrogen-bond donors (Lipinski definition) is 1. The first kappa shape index (κ1) is 8.44. The molecule has 0 aromatic carbocycles. The highest BCUT2D eigenvalue weighted by molar-refractivity contribution is 4.75. The second kappa shape index (κ2) is 5.57. The van der Waals surface area contributed by atoms with E-state index in [9.17, 15) is 0 Å². The molecule has 0 aromatic heterocycles. The van der Waals surface area contributed by atoms with Gasteiger partial charge in [0.25, 0.3) is 0 Å². The first-order chi connectivity index (χ1) is 4.31. The van der Waals surface area contributed by atoms with Gasteiger partial charge in [0, 0.05) is 0 Å². The van der Waals surface area contributed by atoms with Crippen LogP contribution in [0, 0.1) is 0 Å². The molecule has 1 nitrogen and oxygen atoms in total. The molecule has 9 heavy (non-hydrogen) atoms. The summed E-state index contributed by atoms with van der Waals surface area (Å²) in [6.07, 6.45) is 5.69. The minimum Gasteiger partial charge on any atom is -0.393 e. The zero-order chi connectivity index (χ0) is 7.11. The van der Waals surface area contributed by atoms with Crippen molar-refractivity contribution in [3.8, 4) is 0 Å². The lowest BCUT2D eigenvalue weighted by Gasteiger charge is -2.03. The summed E-state index contributed by atoms with van der Waals surface area (Å²) in [6, 6.07) is 0. The zero-order valence-electron chi connectivity index (χ0n) is 5.71.